The number of likely N-dealkylation sites (tertiary alicyclic amines) is 1. The van der Waals surface area contributed by atoms with Gasteiger partial charge >= 0.3 is 0 Å². The van der Waals surface area contributed by atoms with Gasteiger partial charge in [-0.25, -0.2) is 0 Å². The fourth-order valence-electron chi connectivity index (χ4n) is 3.99. The molecule has 2 fully saturated rings. The van der Waals surface area contributed by atoms with Crippen molar-refractivity contribution < 1.29 is 0 Å². The predicted octanol–water partition coefficient (Wildman–Crippen LogP) is 3.44. The van der Waals surface area contributed by atoms with Gasteiger partial charge in [-0.2, -0.15) is 0 Å². The lowest BCUT2D eigenvalue weighted by Gasteiger charge is -2.33. The zero-order chi connectivity index (χ0) is 13.4. The standard InChI is InChI=1S/C16H23BrN2/c1-3-16(12-5-4-6-14(17)7-12)19-10-13-8-18-9-15(13)11(19)2/h4-7,11,13,15-16,18H,3,8-10H2,1-2H3. The van der Waals surface area contributed by atoms with Gasteiger partial charge in [-0.15, -0.1) is 0 Å². The maximum Gasteiger partial charge on any atom is 0.0348 e. The lowest BCUT2D eigenvalue weighted by atomic mass is 9.95. The summed E-state index contributed by atoms with van der Waals surface area (Å²) in [5.74, 6) is 1.71. The van der Waals surface area contributed by atoms with Gasteiger partial charge in [-0.1, -0.05) is 35.0 Å². The molecule has 1 aromatic carbocycles. The molecule has 2 aliphatic heterocycles. The highest BCUT2D eigenvalue weighted by Crippen LogP contribution is 2.39. The van der Waals surface area contributed by atoms with Crippen molar-refractivity contribution in [2.75, 3.05) is 19.6 Å². The molecule has 0 radical (unpaired) electrons. The summed E-state index contributed by atoms with van der Waals surface area (Å²) in [7, 11) is 0. The Hall–Kier alpha value is -0.380. The van der Waals surface area contributed by atoms with E-state index in [2.05, 4.69) is 64.3 Å². The van der Waals surface area contributed by atoms with E-state index in [1.807, 2.05) is 0 Å². The Morgan fingerprint density at radius 2 is 2.26 bits per heavy atom. The maximum atomic E-state index is 3.60. The molecule has 4 atom stereocenters. The van der Waals surface area contributed by atoms with E-state index in [0.717, 1.165) is 11.8 Å². The van der Waals surface area contributed by atoms with Gasteiger partial charge in [0, 0.05) is 23.1 Å². The predicted molar refractivity (Wildman–Crippen MR) is 83.2 cm³/mol. The molecule has 1 N–H and O–H groups in total. The van der Waals surface area contributed by atoms with Gasteiger partial charge in [-0.3, -0.25) is 4.90 Å². The number of hydrogen-bond acceptors (Lipinski definition) is 2. The summed E-state index contributed by atoms with van der Waals surface area (Å²) in [6, 6.07) is 10.1. The van der Waals surface area contributed by atoms with Crippen LogP contribution in [-0.4, -0.2) is 30.6 Å². The van der Waals surface area contributed by atoms with Crippen LogP contribution in [0.5, 0.6) is 0 Å². The molecule has 0 amide bonds. The van der Waals surface area contributed by atoms with Crippen molar-refractivity contribution in [3.63, 3.8) is 0 Å². The molecular formula is C16H23BrN2. The van der Waals surface area contributed by atoms with Crippen molar-refractivity contribution in [3.05, 3.63) is 34.3 Å². The summed E-state index contributed by atoms with van der Waals surface area (Å²) in [4.78, 5) is 2.73. The van der Waals surface area contributed by atoms with Crippen LogP contribution in [0.25, 0.3) is 0 Å². The minimum atomic E-state index is 0.568. The molecule has 4 unspecified atom stereocenters. The molecule has 1 aromatic rings. The van der Waals surface area contributed by atoms with E-state index >= 15 is 0 Å². The van der Waals surface area contributed by atoms with Crippen molar-refractivity contribution in [1.82, 2.24) is 10.2 Å². The number of fused-ring (bicyclic) bond motifs is 1. The van der Waals surface area contributed by atoms with E-state index in [1.165, 1.54) is 36.1 Å². The zero-order valence-corrected chi connectivity index (χ0v) is 13.4. The molecule has 0 saturated carbocycles. The van der Waals surface area contributed by atoms with Crippen LogP contribution >= 0.6 is 15.9 Å². The molecular weight excluding hydrogens is 300 g/mol. The van der Waals surface area contributed by atoms with Crippen molar-refractivity contribution in [2.45, 2.75) is 32.4 Å². The van der Waals surface area contributed by atoms with E-state index in [0.29, 0.717) is 12.1 Å². The maximum absolute atomic E-state index is 3.60. The number of hydrogen-bond donors (Lipinski definition) is 1. The first-order valence-electron chi connectivity index (χ1n) is 7.42. The van der Waals surface area contributed by atoms with Gasteiger partial charge in [0.2, 0.25) is 0 Å². The average molecular weight is 323 g/mol. The lowest BCUT2D eigenvalue weighted by Crippen LogP contribution is -2.36. The van der Waals surface area contributed by atoms with Crippen LogP contribution in [0.2, 0.25) is 0 Å². The zero-order valence-electron chi connectivity index (χ0n) is 11.8. The molecule has 0 spiro atoms. The van der Waals surface area contributed by atoms with Gasteiger partial charge < -0.3 is 5.32 Å². The highest BCUT2D eigenvalue weighted by atomic mass is 79.9. The molecule has 0 bridgehead atoms. The van der Waals surface area contributed by atoms with E-state index in [4.69, 9.17) is 0 Å². The first-order chi connectivity index (χ1) is 9.20. The molecule has 19 heavy (non-hydrogen) atoms. The summed E-state index contributed by atoms with van der Waals surface area (Å²) in [6.07, 6.45) is 1.19. The van der Waals surface area contributed by atoms with Crippen molar-refractivity contribution in [1.29, 1.82) is 0 Å². The smallest absolute Gasteiger partial charge is 0.0348 e. The molecule has 0 aromatic heterocycles. The first-order valence-corrected chi connectivity index (χ1v) is 8.22. The highest BCUT2D eigenvalue weighted by Gasteiger charge is 2.43. The largest absolute Gasteiger partial charge is 0.316 e. The molecule has 3 rings (SSSR count). The third-order valence-electron chi connectivity index (χ3n) is 5.00. The SMILES string of the molecule is CCC(c1cccc(Br)c1)N1CC2CNCC2C1C. The Morgan fingerprint density at radius 1 is 1.42 bits per heavy atom. The molecule has 2 nitrogen and oxygen atoms in total. The van der Waals surface area contributed by atoms with Crippen LogP contribution in [-0.2, 0) is 0 Å². The van der Waals surface area contributed by atoms with Gasteiger partial charge in [0.25, 0.3) is 0 Å². The van der Waals surface area contributed by atoms with Crippen molar-refractivity contribution in [2.24, 2.45) is 11.8 Å². The van der Waals surface area contributed by atoms with Crippen LogP contribution in [0.3, 0.4) is 0 Å². The summed E-state index contributed by atoms with van der Waals surface area (Å²) >= 11 is 3.60. The minimum absolute atomic E-state index is 0.568. The van der Waals surface area contributed by atoms with Crippen LogP contribution < -0.4 is 5.32 Å². The fourth-order valence-corrected chi connectivity index (χ4v) is 4.40. The molecule has 2 aliphatic rings. The summed E-state index contributed by atoms with van der Waals surface area (Å²) in [5, 5.41) is 3.55. The molecule has 2 heterocycles. The number of benzene rings is 1. The number of halogens is 1. The number of nitrogens with zero attached hydrogens (tertiary/aromatic N) is 1. The van der Waals surface area contributed by atoms with Gasteiger partial charge in [0.15, 0.2) is 0 Å². The third-order valence-corrected chi connectivity index (χ3v) is 5.49. The fraction of sp³-hybridized carbons (Fsp3) is 0.625. The molecule has 0 aliphatic carbocycles. The van der Waals surface area contributed by atoms with E-state index in [-0.39, 0.29) is 0 Å². The van der Waals surface area contributed by atoms with Gasteiger partial charge in [0.1, 0.15) is 0 Å². The second kappa shape index (κ2) is 5.55. The third kappa shape index (κ3) is 2.48. The Kier molecular flexibility index (Phi) is 3.97. The highest BCUT2D eigenvalue weighted by molar-refractivity contribution is 9.10. The average Bonchev–Trinajstić information content (AvgIpc) is 2.96. The van der Waals surface area contributed by atoms with Gasteiger partial charge in [0.05, 0.1) is 0 Å². The minimum Gasteiger partial charge on any atom is -0.316 e. The Bertz CT molecular complexity index is 448. The summed E-state index contributed by atoms with van der Waals surface area (Å²) in [6.45, 7) is 8.39. The van der Waals surface area contributed by atoms with Crippen LogP contribution in [0.15, 0.2) is 28.7 Å². The monoisotopic (exact) mass is 322 g/mol. The lowest BCUT2D eigenvalue weighted by molar-refractivity contribution is 0.166. The first kappa shape index (κ1) is 13.6. The van der Waals surface area contributed by atoms with Gasteiger partial charge in [-0.05, 0) is 56.0 Å². The van der Waals surface area contributed by atoms with Crippen molar-refractivity contribution >= 4 is 15.9 Å². The number of rotatable bonds is 3. The van der Waals surface area contributed by atoms with E-state index in [1.54, 1.807) is 0 Å². The van der Waals surface area contributed by atoms with E-state index < -0.39 is 0 Å². The van der Waals surface area contributed by atoms with E-state index in [9.17, 15) is 0 Å². The normalized spacial score (nSPS) is 32.5. The Balaban J connectivity index is 1.83. The topological polar surface area (TPSA) is 15.3 Å². The Morgan fingerprint density at radius 3 is 2.95 bits per heavy atom. The molecule has 104 valence electrons. The molecule has 2 saturated heterocycles. The van der Waals surface area contributed by atoms with Crippen LogP contribution in [0.4, 0.5) is 0 Å². The summed E-state index contributed by atoms with van der Waals surface area (Å²) < 4.78 is 1.19. The quantitative estimate of drug-likeness (QED) is 0.917. The van der Waals surface area contributed by atoms with Crippen molar-refractivity contribution in [3.8, 4) is 0 Å². The molecule has 3 heteroatoms. The van der Waals surface area contributed by atoms with Crippen LogP contribution in [0.1, 0.15) is 31.9 Å². The summed E-state index contributed by atoms with van der Waals surface area (Å²) in [5.41, 5.74) is 1.46. The second-order valence-corrected chi connectivity index (χ2v) is 6.91. The second-order valence-electron chi connectivity index (χ2n) is 6.00. The van der Waals surface area contributed by atoms with Crippen LogP contribution in [0, 0.1) is 11.8 Å². The Labute approximate surface area is 124 Å². The number of nitrogens with one attached hydrogen (secondary N) is 1.